The molecular formula is C44H30N4. The van der Waals surface area contributed by atoms with Crippen molar-refractivity contribution in [2.45, 2.75) is 0 Å². The number of aromatic nitrogens is 3. The fraction of sp³-hybridized carbons (Fsp3) is 0. The second kappa shape index (κ2) is 11.7. The smallest absolute Gasteiger partial charge is 0.0737 e. The molecule has 3 aromatic heterocycles. The van der Waals surface area contributed by atoms with E-state index >= 15 is 0 Å². The van der Waals surface area contributed by atoms with Gasteiger partial charge in [0.2, 0.25) is 0 Å². The van der Waals surface area contributed by atoms with Gasteiger partial charge in [-0.25, -0.2) is 4.98 Å². The van der Waals surface area contributed by atoms with E-state index in [0.717, 1.165) is 89.2 Å². The number of nitrogens with one attached hydrogen (secondary N) is 2. The third-order valence-corrected chi connectivity index (χ3v) is 9.03. The molecule has 5 heterocycles. The Morgan fingerprint density at radius 2 is 0.750 bits per heavy atom. The van der Waals surface area contributed by atoms with Crippen LogP contribution in [0.4, 0.5) is 5.69 Å². The molecule has 226 valence electrons. The average Bonchev–Trinajstić information content (AvgIpc) is 3.98. The van der Waals surface area contributed by atoms with E-state index < -0.39 is 0 Å². The van der Waals surface area contributed by atoms with E-state index in [4.69, 9.17) is 9.98 Å². The van der Waals surface area contributed by atoms with Crippen LogP contribution in [0.5, 0.6) is 0 Å². The predicted octanol–water partition coefficient (Wildman–Crippen LogP) is 11.5. The molecule has 0 saturated heterocycles. The van der Waals surface area contributed by atoms with Gasteiger partial charge in [0, 0.05) is 56.1 Å². The monoisotopic (exact) mass is 614 g/mol. The Morgan fingerprint density at radius 1 is 0.375 bits per heavy atom. The van der Waals surface area contributed by atoms with Crippen LogP contribution < -0.4 is 0 Å². The zero-order chi connectivity index (χ0) is 31.9. The highest BCUT2D eigenvalue weighted by atomic mass is 14.8. The van der Waals surface area contributed by atoms with Crippen molar-refractivity contribution in [3.05, 3.63) is 169 Å². The van der Waals surface area contributed by atoms with Crippen molar-refractivity contribution in [3.63, 3.8) is 0 Å². The van der Waals surface area contributed by atoms with Gasteiger partial charge in [0.05, 0.1) is 17.1 Å². The summed E-state index contributed by atoms with van der Waals surface area (Å²) in [5.41, 5.74) is 16.4. The van der Waals surface area contributed by atoms with Crippen LogP contribution in [0.1, 0.15) is 17.0 Å². The minimum Gasteiger partial charge on any atom is -0.354 e. The molecular weight excluding hydrogens is 585 g/mol. The van der Waals surface area contributed by atoms with Crippen molar-refractivity contribution < 1.29 is 0 Å². The van der Waals surface area contributed by atoms with Crippen LogP contribution in [0.2, 0.25) is 0 Å². The Kier molecular flexibility index (Phi) is 6.76. The number of nitrogens with zero attached hydrogens (tertiary/aromatic N) is 2. The summed E-state index contributed by atoms with van der Waals surface area (Å²) in [6.45, 7) is 0. The molecule has 0 spiro atoms. The van der Waals surface area contributed by atoms with Gasteiger partial charge < -0.3 is 9.97 Å². The lowest BCUT2D eigenvalue weighted by atomic mass is 10.0. The molecule has 0 radical (unpaired) electrons. The molecule has 48 heavy (non-hydrogen) atoms. The van der Waals surface area contributed by atoms with Crippen LogP contribution in [0.3, 0.4) is 0 Å². The quantitative estimate of drug-likeness (QED) is 0.204. The first kappa shape index (κ1) is 27.8. The van der Waals surface area contributed by atoms with Crippen LogP contribution in [-0.2, 0) is 0 Å². The van der Waals surface area contributed by atoms with Crippen LogP contribution in [0, 0.1) is 0 Å². The van der Waals surface area contributed by atoms with Gasteiger partial charge >= 0.3 is 0 Å². The molecule has 9 rings (SSSR count). The number of benzene rings is 4. The van der Waals surface area contributed by atoms with E-state index in [1.807, 2.05) is 18.3 Å². The minimum absolute atomic E-state index is 0.906. The zero-order valence-electron chi connectivity index (χ0n) is 26.1. The Hall–Kier alpha value is -6.52. The molecule has 0 unspecified atom stereocenters. The van der Waals surface area contributed by atoms with Crippen molar-refractivity contribution >= 4 is 46.1 Å². The summed E-state index contributed by atoms with van der Waals surface area (Å²) in [6.07, 6.45) is 6.27. The minimum atomic E-state index is 0.906. The Bertz CT molecular complexity index is 2170. The second-order valence-corrected chi connectivity index (χ2v) is 12.0. The van der Waals surface area contributed by atoms with E-state index in [2.05, 4.69) is 162 Å². The Balaban J connectivity index is 1.49. The lowest BCUT2D eigenvalue weighted by Gasteiger charge is -2.06. The fourth-order valence-corrected chi connectivity index (χ4v) is 6.87. The summed E-state index contributed by atoms with van der Waals surface area (Å²) >= 11 is 0. The second-order valence-electron chi connectivity index (χ2n) is 12.0. The van der Waals surface area contributed by atoms with Crippen LogP contribution in [0.25, 0.3) is 78.7 Å². The predicted molar refractivity (Wildman–Crippen MR) is 201 cm³/mol. The number of fused-ring (bicyclic) bond motifs is 8. The summed E-state index contributed by atoms with van der Waals surface area (Å²) in [7, 11) is 0. The van der Waals surface area contributed by atoms with Gasteiger partial charge in [-0.3, -0.25) is 4.99 Å². The number of hydrogen-bond donors (Lipinski definition) is 2. The van der Waals surface area contributed by atoms with Gasteiger partial charge in [-0.05, 0) is 64.7 Å². The Labute approximate surface area is 278 Å². The average molecular weight is 615 g/mol. The summed E-state index contributed by atoms with van der Waals surface area (Å²) in [5, 5.41) is 0. The first-order valence-electron chi connectivity index (χ1n) is 16.2. The van der Waals surface area contributed by atoms with Crippen LogP contribution in [-0.4, -0.2) is 21.2 Å². The highest BCUT2D eigenvalue weighted by molar-refractivity contribution is 6.05. The van der Waals surface area contributed by atoms with E-state index in [9.17, 15) is 0 Å². The van der Waals surface area contributed by atoms with E-state index in [1.165, 1.54) is 0 Å². The molecule has 4 heteroatoms. The molecule has 4 aromatic carbocycles. The summed E-state index contributed by atoms with van der Waals surface area (Å²) in [6, 6.07) is 53.0. The first-order valence-corrected chi connectivity index (χ1v) is 16.2. The molecule has 0 amide bonds. The maximum atomic E-state index is 5.35. The van der Waals surface area contributed by atoms with Crippen molar-refractivity contribution in [2.75, 3.05) is 0 Å². The van der Waals surface area contributed by atoms with E-state index in [1.54, 1.807) is 0 Å². The molecule has 8 bridgehead atoms. The van der Waals surface area contributed by atoms with Gasteiger partial charge in [0.1, 0.15) is 0 Å². The lowest BCUT2D eigenvalue weighted by molar-refractivity contribution is 1.32. The largest absolute Gasteiger partial charge is 0.354 e. The van der Waals surface area contributed by atoms with Crippen LogP contribution >= 0.6 is 0 Å². The molecule has 7 aromatic rings. The Morgan fingerprint density at radius 3 is 1.21 bits per heavy atom. The first-order chi connectivity index (χ1) is 23.8. The van der Waals surface area contributed by atoms with Gasteiger partial charge in [-0.2, -0.15) is 0 Å². The topological polar surface area (TPSA) is 56.8 Å². The maximum absolute atomic E-state index is 5.35. The third-order valence-electron chi connectivity index (χ3n) is 9.03. The van der Waals surface area contributed by atoms with Crippen molar-refractivity contribution in [2.24, 2.45) is 4.99 Å². The maximum Gasteiger partial charge on any atom is 0.0737 e. The SMILES string of the molecule is C1=Cc2nc1c(-c1ccccc1)c1ccc([nH]1)c(-c1ccccc1)c1cc(c(-c3ccccc3)c3ccc([nH]3)c2-c2ccccc2)N=C1. The highest BCUT2D eigenvalue weighted by Gasteiger charge is 2.18. The number of hydrogen-bond acceptors (Lipinski definition) is 2. The molecule has 2 N–H and O–H groups in total. The molecule has 4 nitrogen and oxygen atoms in total. The van der Waals surface area contributed by atoms with Gasteiger partial charge in [-0.15, -0.1) is 0 Å². The molecule has 2 aliphatic rings. The number of H-pyrrole nitrogens is 2. The van der Waals surface area contributed by atoms with E-state index in [-0.39, 0.29) is 0 Å². The van der Waals surface area contributed by atoms with Gasteiger partial charge in [-0.1, -0.05) is 121 Å². The van der Waals surface area contributed by atoms with Crippen molar-refractivity contribution in [1.82, 2.24) is 15.0 Å². The third kappa shape index (κ3) is 4.88. The van der Waals surface area contributed by atoms with E-state index in [0.29, 0.717) is 0 Å². The normalized spacial score (nSPS) is 12.0. The fourth-order valence-electron chi connectivity index (χ4n) is 6.87. The standard InChI is InChI=1S/C44H30N4/c1-5-13-29(14-6-1)41-33-27-40(45-28-33)44(32-19-11-4-12-20-32)39-26-25-38(48-39)43(31-17-9-3-10-18-31)37-24-23-36(47-37)42(30-15-7-2-8-16-30)35-22-21-34(41)46-35/h1-28,46,48H. The van der Waals surface area contributed by atoms with Crippen molar-refractivity contribution in [1.29, 1.82) is 0 Å². The molecule has 0 fully saturated rings. The highest BCUT2D eigenvalue weighted by Crippen LogP contribution is 2.40. The van der Waals surface area contributed by atoms with Crippen LogP contribution in [0.15, 0.2) is 157 Å². The number of aliphatic imine (C=N–C) groups is 1. The molecule has 2 aliphatic heterocycles. The number of aromatic amines is 2. The lowest BCUT2D eigenvalue weighted by Crippen LogP contribution is -1.88. The van der Waals surface area contributed by atoms with Gasteiger partial charge in [0.15, 0.2) is 0 Å². The van der Waals surface area contributed by atoms with Gasteiger partial charge in [0.25, 0.3) is 0 Å². The van der Waals surface area contributed by atoms with Crippen molar-refractivity contribution in [3.8, 4) is 44.5 Å². The summed E-state index contributed by atoms with van der Waals surface area (Å²) in [4.78, 5) is 18.0. The molecule has 0 aliphatic carbocycles. The zero-order valence-corrected chi connectivity index (χ0v) is 26.1. The number of rotatable bonds is 4. The summed E-state index contributed by atoms with van der Waals surface area (Å²) in [5.74, 6) is 0. The molecule has 0 saturated carbocycles. The summed E-state index contributed by atoms with van der Waals surface area (Å²) < 4.78 is 0. The molecule has 0 atom stereocenters.